The van der Waals surface area contributed by atoms with E-state index in [1.165, 1.54) is 18.1 Å². The maximum absolute atomic E-state index is 14.6. The van der Waals surface area contributed by atoms with Gasteiger partial charge >= 0.3 is 6.18 Å². The Morgan fingerprint density at radius 2 is 2.00 bits per heavy atom. The number of aromatic amines is 1. The van der Waals surface area contributed by atoms with Crippen molar-refractivity contribution in [1.29, 1.82) is 0 Å². The van der Waals surface area contributed by atoms with Gasteiger partial charge in [-0.15, -0.1) is 0 Å². The zero-order valence-electron chi connectivity index (χ0n) is 16.8. The molecule has 3 aromatic rings. The Hall–Kier alpha value is -2.95. The van der Waals surface area contributed by atoms with E-state index in [0.29, 0.717) is 21.6 Å². The molecule has 0 aliphatic rings. The van der Waals surface area contributed by atoms with Crippen LogP contribution in [0.15, 0.2) is 24.7 Å². The number of carbonyl (C=O) groups is 1. The van der Waals surface area contributed by atoms with E-state index in [0.717, 1.165) is 6.20 Å². The molecule has 31 heavy (non-hydrogen) atoms. The van der Waals surface area contributed by atoms with E-state index < -0.39 is 36.4 Å². The number of fused-ring (bicyclic) bond motifs is 1. The van der Waals surface area contributed by atoms with E-state index in [2.05, 4.69) is 19.9 Å². The number of nitrogens with zero attached hydrogens (tertiary/aromatic N) is 4. The number of hydrogen-bond donors (Lipinski definition) is 2. The zero-order valence-corrected chi connectivity index (χ0v) is 17.5. The van der Waals surface area contributed by atoms with Crippen molar-refractivity contribution in [3.05, 3.63) is 35.5 Å². The van der Waals surface area contributed by atoms with Crippen LogP contribution in [0.3, 0.4) is 0 Å². The van der Waals surface area contributed by atoms with Crippen molar-refractivity contribution in [1.82, 2.24) is 25.3 Å². The van der Waals surface area contributed by atoms with Crippen molar-refractivity contribution >= 4 is 34.4 Å². The Labute approximate surface area is 179 Å². The zero-order chi connectivity index (χ0) is 22.9. The van der Waals surface area contributed by atoms with Crippen LogP contribution < -0.4 is 10.2 Å². The third-order valence-electron chi connectivity index (χ3n) is 4.58. The lowest BCUT2D eigenvalue weighted by molar-refractivity contribution is -0.139. The first-order chi connectivity index (χ1) is 14.5. The number of hydrogen-bond acceptors (Lipinski definition) is 5. The number of halogens is 5. The maximum atomic E-state index is 14.6. The molecule has 0 spiro atoms. The Morgan fingerprint density at radius 1 is 1.29 bits per heavy atom. The number of likely N-dealkylation sites (N-methyl/N-ethyl adjacent to an activating group) is 1. The molecule has 0 aliphatic heterocycles. The molecular weight excluding hydrogens is 440 g/mol. The van der Waals surface area contributed by atoms with Crippen LogP contribution in [0.2, 0.25) is 5.02 Å². The van der Waals surface area contributed by atoms with E-state index in [-0.39, 0.29) is 11.6 Å². The molecule has 0 radical (unpaired) electrons. The quantitative estimate of drug-likeness (QED) is 0.546. The highest BCUT2D eigenvalue weighted by atomic mass is 35.5. The molecule has 0 saturated heterocycles. The molecule has 7 nitrogen and oxygen atoms in total. The van der Waals surface area contributed by atoms with Crippen LogP contribution in [-0.4, -0.2) is 51.7 Å². The summed E-state index contributed by atoms with van der Waals surface area (Å²) >= 11 is 6.01. The van der Waals surface area contributed by atoms with Crippen LogP contribution in [-0.2, 0) is 4.79 Å². The van der Waals surface area contributed by atoms with Crippen molar-refractivity contribution in [3.8, 4) is 11.4 Å². The number of alkyl halides is 3. The minimum Gasteiger partial charge on any atom is -0.345 e. The molecule has 0 aromatic carbocycles. The molecule has 0 bridgehead atoms. The number of pyridine rings is 1. The molecule has 3 heterocycles. The molecule has 0 aliphatic carbocycles. The van der Waals surface area contributed by atoms with Gasteiger partial charge in [-0.25, -0.2) is 19.3 Å². The highest BCUT2D eigenvalue weighted by Gasteiger charge is 2.33. The largest absolute Gasteiger partial charge is 0.405 e. The molecule has 1 amide bonds. The second kappa shape index (κ2) is 8.66. The molecular formula is C19H19ClF4N6O. The van der Waals surface area contributed by atoms with E-state index in [9.17, 15) is 22.4 Å². The fourth-order valence-corrected chi connectivity index (χ4v) is 3.41. The number of rotatable bonds is 6. The normalized spacial score (nSPS) is 12.9. The van der Waals surface area contributed by atoms with Crippen molar-refractivity contribution in [2.24, 2.45) is 5.92 Å². The highest BCUT2D eigenvalue weighted by Crippen LogP contribution is 2.29. The number of anilines is 1. The highest BCUT2D eigenvalue weighted by molar-refractivity contribution is 6.31. The lowest BCUT2D eigenvalue weighted by atomic mass is 10.0. The summed E-state index contributed by atoms with van der Waals surface area (Å²) in [4.78, 5) is 29.0. The number of nitrogens with one attached hydrogen (secondary N) is 2. The van der Waals surface area contributed by atoms with Crippen LogP contribution in [0, 0.1) is 11.7 Å². The molecule has 2 N–H and O–H groups in total. The third-order valence-corrected chi connectivity index (χ3v) is 4.79. The first kappa shape index (κ1) is 22.7. The van der Waals surface area contributed by atoms with E-state index >= 15 is 0 Å². The van der Waals surface area contributed by atoms with Gasteiger partial charge in [0, 0.05) is 30.4 Å². The number of H-pyrrole nitrogens is 1. The van der Waals surface area contributed by atoms with Crippen LogP contribution in [0.4, 0.5) is 23.4 Å². The fraction of sp³-hybridized carbons (Fsp3) is 0.368. The van der Waals surface area contributed by atoms with Gasteiger partial charge in [0.1, 0.15) is 18.2 Å². The first-order valence-corrected chi connectivity index (χ1v) is 9.58. The SMILES string of the molecule is CC(C)[C@H](C(=O)NCC(F)(F)F)N(C)c1nc(-c2c[nH]c3ncc(Cl)cc23)ncc1F. The lowest BCUT2D eigenvalue weighted by Crippen LogP contribution is -2.50. The van der Waals surface area contributed by atoms with Crippen molar-refractivity contribution in [2.75, 3.05) is 18.5 Å². The topological polar surface area (TPSA) is 86.8 Å². The third kappa shape index (κ3) is 5.04. The van der Waals surface area contributed by atoms with Crippen molar-refractivity contribution in [3.63, 3.8) is 0 Å². The summed E-state index contributed by atoms with van der Waals surface area (Å²) in [6.45, 7) is 1.80. The minimum absolute atomic E-state index is 0.136. The molecule has 0 fully saturated rings. The van der Waals surface area contributed by atoms with E-state index in [4.69, 9.17) is 11.6 Å². The van der Waals surface area contributed by atoms with Gasteiger partial charge in [-0.3, -0.25) is 4.79 Å². The second-order valence-corrected chi connectivity index (χ2v) is 7.69. The molecule has 3 rings (SSSR count). The monoisotopic (exact) mass is 458 g/mol. The standard InChI is InChI=1S/C19H19ClF4N6O/c1-9(2)14(18(31)28-8-19(22,23)24)30(3)17-13(21)7-27-16(29-17)12-6-26-15-11(12)4-10(20)5-25-15/h4-7,9,14H,8H2,1-3H3,(H,25,26)(H,28,31)/t14-/m1/s1. The summed E-state index contributed by atoms with van der Waals surface area (Å²) in [5, 5.41) is 2.84. The smallest absolute Gasteiger partial charge is 0.345 e. The molecule has 0 unspecified atom stereocenters. The van der Waals surface area contributed by atoms with Crippen LogP contribution in [0.5, 0.6) is 0 Å². The number of aromatic nitrogens is 4. The lowest BCUT2D eigenvalue weighted by Gasteiger charge is -2.31. The van der Waals surface area contributed by atoms with Gasteiger partial charge in [0.2, 0.25) is 5.91 Å². The van der Waals surface area contributed by atoms with Crippen molar-refractivity contribution < 1.29 is 22.4 Å². The number of carbonyl (C=O) groups excluding carboxylic acids is 1. The first-order valence-electron chi connectivity index (χ1n) is 9.20. The summed E-state index contributed by atoms with van der Waals surface area (Å²) in [6, 6.07) is 0.548. The Balaban J connectivity index is 1.97. The van der Waals surface area contributed by atoms with Crippen molar-refractivity contribution in [2.45, 2.75) is 26.1 Å². The van der Waals surface area contributed by atoms with Crippen LogP contribution in [0.25, 0.3) is 22.4 Å². The second-order valence-electron chi connectivity index (χ2n) is 7.25. The molecule has 3 aromatic heterocycles. The van der Waals surface area contributed by atoms with Gasteiger partial charge in [-0.05, 0) is 12.0 Å². The van der Waals surface area contributed by atoms with E-state index in [1.54, 1.807) is 26.1 Å². The van der Waals surface area contributed by atoms with Gasteiger partial charge in [-0.2, -0.15) is 13.2 Å². The predicted octanol–water partition coefficient (Wildman–Crippen LogP) is 3.95. The summed E-state index contributed by atoms with van der Waals surface area (Å²) in [5.74, 6) is -2.24. The molecule has 12 heteroatoms. The summed E-state index contributed by atoms with van der Waals surface area (Å²) in [7, 11) is 1.39. The van der Waals surface area contributed by atoms with Crippen LogP contribution >= 0.6 is 11.6 Å². The molecule has 0 saturated carbocycles. The van der Waals surface area contributed by atoms with Gasteiger partial charge in [0.15, 0.2) is 17.5 Å². The van der Waals surface area contributed by atoms with E-state index in [1.807, 2.05) is 5.32 Å². The average Bonchev–Trinajstić information content (AvgIpc) is 3.09. The summed E-state index contributed by atoms with van der Waals surface area (Å²) in [5.41, 5.74) is 1.02. The van der Waals surface area contributed by atoms with Gasteiger partial charge in [0.25, 0.3) is 0 Å². The number of amides is 1. The Kier molecular flexibility index (Phi) is 6.35. The fourth-order valence-electron chi connectivity index (χ4n) is 3.25. The average molecular weight is 459 g/mol. The Morgan fingerprint density at radius 3 is 2.65 bits per heavy atom. The Bertz CT molecular complexity index is 1100. The molecule has 166 valence electrons. The summed E-state index contributed by atoms with van der Waals surface area (Å²) < 4.78 is 52.1. The predicted molar refractivity (Wildman–Crippen MR) is 108 cm³/mol. The van der Waals surface area contributed by atoms with Crippen LogP contribution in [0.1, 0.15) is 13.8 Å². The van der Waals surface area contributed by atoms with Gasteiger partial charge in [-0.1, -0.05) is 25.4 Å². The molecule has 1 atom stereocenters. The van der Waals surface area contributed by atoms with Gasteiger partial charge < -0.3 is 15.2 Å². The summed E-state index contributed by atoms with van der Waals surface area (Å²) in [6.07, 6.45) is -0.577. The maximum Gasteiger partial charge on any atom is 0.405 e. The van der Waals surface area contributed by atoms with Gasteiger partial charge in [0.05, 0.1) is 11.2 Å². The minimum atomic E-state index is -4.56.